The van der Waals surface area contributed by atoms with Gasteiger partial charge in [-0.05, 0) is 17.2 Å². The predicted molar refractivity (Wildman–Crippen MR) is 61.5 cm³/mol. The molecule has 16 heavy (non-hydrogen) atoms. The molecule has 0 aromatic heterocycles. The maximum Gasteiger partial charge on any atom is 0.320 e. The highest BCUT2D eigenvalue weighted by molar-refractivity contribution is 6.31. The molecule has 0 aliphatic heterocycles. The van der Waals surface area contributed by atoms with Crippen molar-refractivity contribution < 1.29 is 14.6 Å². The molecular weight excluding hydrogens is 230 g/mol. The number of benzene rings is 1. The second-order valence-electron chi connectivity index (χ2n) is 3.46. The van der Waals surface area contributed by atoms with Gasteiger partial charge in [0.1, 0.15) is 6.04 Å². The molecule has 1 atom stereocenters. The fourth-order valence-corrected chi connectivity index (χ4v) is 1.70. The van der Waals surface area contributed by atoms with E-state index in [4.69, 9.17) is 27.2 Å². The molecular formula is C11H14ClNO3. The maximum absolute atomic E-state index is 10.7. The Bertz CT molecular complexity index is 381. The van der Waals surface area contributed by atoms with Crippen molar-refractivity contribution in [2.45, 2.75) is 19.1 Å². The van der Waals surface area contributed by atoms with E-state index >= 15 is 0 Å². The van der Waals surface area contributed by atoms with Crippen LogP contribution in [0.25, 0.3) is 0 Å². The zero-order chi connectivity index (χ0) is 12.1. The van der Waals surface area contributed by atoms with Crippen molar-refractivity contribution in [3.8, 4) is 0 Å². The lowest BCUT2D eigenvalue weighted by Crippen LogP contribution is -2.32. The molecule has 0 amide bonds. The number of halogens is 1. The summed E-state index contributed by atoms with van der Waals surface area (Å²) in [6.07, 6.45) is 0.202. The molecule has 1 rings (SSSR count). The van der Waals surface area contributed by atoms with Crippen LogP contribution in [0.4, 0.5) is 0 Å². The topological polar surface area (TPSA) is 72.5 Å². The van der Waals surface area contributed by atoms with Gasteiger partial charge in [-0.3, -0.25) is 4.79 Å². The molecule has 0 bridgehead atoms. The van der Waals surface area contributed by atoms with Crippen molar-refractivity contribution in [3.05, 3.63) is 34.3 Å². The molecule has 5 heteroatoms. The number of hydrogen-bond acceptors (Lipinski definition) is 3. The van der Waals surface area contributed by atoms with Crippen LogP contribution >= 0.6 is 11.6 Å². The van der Waals surface area contributed by atoms with E-state index in [1.807, 2.05) is 6.07 Å². The van der Waals surface area contributed by atoms with Gasteiger partial charge in [-0.2, -0.15) is 0 Å². The molecule has 0 aliphatic rings. The number of hydrogen-bond donors (Lipinski definition) is 2. The fraction of sp³-hybridized carbons (Fsp3) is 0.364. The highest BCUT2D eigenvalue weighted by Gasteiger charge is 2.16. The van der Waals surface area contributed by atoms with Gasteiger partial charge in [-0.25, -0.2) is 0 Å². The Kier molecular flexibility index (Phi) is 4.73. The Morgan fingerprint density at radius 2 is 2.31 bits per heavy atom. The first-order chi connectivity index (χ1) is 7.56. The molecule has 0 aliphatic carbocycles. The second kappa shape index (κ2) is 5.84. The number of aliphatic carboxylic acids is 1. The van der Waals surface area contributed by atoms with Crippen molar-refractivity contribution in [3.63, 3.8) is 0 Å². The van der Waals surface area contributed by atoms with Crippen LogP contribution in [0.1, 0.15) is 11.1 Å². The Morgan fingerprint density at radius 1 is 1.62 bits per heavy atom. The van der Waals surface area contributed by atoms with Gasteiger partial charge < -0.3 is 15.6 Å². The fourth-order valence-electron chi connectivity index (χ4n) is 1.43. The predicted octanol–water partition coefficient (Wildman–Crippen LogP) is 1.44. The molecule has 0 spiro atoms. The SMILES string of the molecule is COCc1cccc(Cl)c1CC(N)C(=O)O. The van der Waals surface area contributed by atoms with E-state index in [9.17, 15) is 4.79 Å². The van der Waals surface area contributed by atoms with Gasteiger partial charge in [-0.1, -0.05) is 23.7 Å². The van der Waals surface area contributed by atoms with Crippen LogP contribution in [0.3, 0.4) is 0 Å². The van der Waals surface area contributed by atoms with Gasteiger partial charge in [-0.15, -0.1) is 0 Å². The maximum atomic E-state index is 10.7. The molecule has 0 saturated heterocycles. The minimum Gasteiger partial charge on any atom is -0.480 e. The molecule has 0 fully saturated rings. The minimum absolute atomic E-state index is 0.202. The van der Waals surface area contributed by atoms with E-state index in [2.05, 4.69) is 0 Å². The number of carboxylic acid groups (broad SMARTS) is 1. The lowest BCUT2D eigenvalue weighted by molar-refractivity contribution is -0.138. The Hall–Kier alpha value is -1.10. The van der Waals surface area contributed by atoms with Gasteiger partial charge in [0.15, 0.2) is 0 Å². The summed E-state index contributed by atoms with van der Waals surface area (Å²) in [5, 5.41) is 9.28. The lowest BCUT2D eigenvalue weighted by Gasteiger charge is -2.13. The van der Waals surface area contributed by atoms with Crippen LogP contribution in [-0.4, -0.2) is 24.2 Å². The molecule has 1 aromatic carbocycles. The van der Waals surface area contributed by atoms with Crippen LogP contribution in [0.5, 0.6) is 0 Å². The summed E-state index contributed by atoms with van der Waals surface area (Å²) in [6, 6.07) is 4.41. The van der Waals surface area contributed by atoms with E-state index in [0.717, 1.165) is 11.1 Å². The highest BCUT2D eigenvalue weighted by atomic mass is 35.5. The third-order valence-electron chi connectivity index (χ3n) is 2.26. The summed E-state index contributed by atoms with van der Waals surface area (Å²) >= 11 is 6.01. The molecule has 1 unspecified atom stereocenters. The summed E-state index contributed by atoms with van der Waals surface area (Å²) in [5.41, 5.74) is 7.09. The van der Waals surface area contributed by atoms with E-state index in [1.54, 1.807) is 19.2 Å². The largest absolute Gasteiger partial charge is 0.480 e. The zero-order valence-electron chi connectivity index (χ0n) is 8.94. The molecule has 4 nitrogen and oxygen atoms in total. The summed E-state index contributed by atoms with van der Waals surface area (Å²) in [7, 11) is 1.57. The third-order valence-corrected chi connectivity index (χ3v) is 2.61. The zero-order valence-corrected chi connectivity index (χ0v) is 9.70. The second-order valence-corrected chi connectivity index (χ2v) is 3.87. The quantitative estimate of drug-likeness (QED) is 0.821. The summed E-state index contributed by atoms with van der Waals surface area (Å²) in [4.78, 5) is 10.7. The third kappa shape index (κ3) is 3.20. The standard InChI is InChI=1S/C11H14ClNO3/c1-16-6-7-3-2-4-9(12)8(7)5-10(13)11(14)15/h2-4,10H,5-6,13H2,1H3,(H,14,15). The Balaban J connectivity index is 2.96. The number of carbonyl (C=O) groups is 1. The average molecular weight is 244 g/mol. The monoisotopic (exact) mass is 243 g/mol. The van der Waals surface area contributed by atoms with Gasteiger partial charge in [0.05, 0.1) is 6.61 Å². The van der Waals surface area contributed by atoms with Crippen molar-refractivity contribution >= 4 is 17.6 Å². The van der Waals surface area contributed by atoms with Gasteiger partial charge in [0, 0.05) is 18.6 Å². The first-order valence-corrected chi connectivity index (χ1v) is 5.17. The number of ether oxygens (including phenoxy) is 1. The molecule has 88 valence electrons. The normalized spacial score (nSPS) is 12.4. The lowest BCUT2D eigenvalue weighted by atomic mass is 10.0. The van der Waals surface area contributed by atoms with E-state index in [-0.39, 0.29) is 6.42 Å². The van der Waals surface area contributed by atoms with Crippen LogP contribution in [0.2, 0.25) is 5.02 Å². The molecule has 0 radical (unpaired) electrons. The van der Waals surface area contributed by atoms with E-state index in [1.165, 1.54) is 0 Å². The summed E-state index contributed by atoms with van der Waals surface area (Å²) in [6.45, 7) is 0.391. The van der Waals surface area contributed by atoms with E-state index in [0.29, 0.717) is 11.6 Å². The minimum atomic E-state index is -1.04. The first kappa shape index (κ1) is 13.0. The highest BCUT2D eigenvalue weighted by Crippen LogP contribution is 2.22. The first-order valence-electron chi connectivity index (χ1n) is 4.80. The smallest absolute Gasteiger partial charge is 0.320 e. The molecule has 0 saturated carbocycles. The van der Waals surface area contributed by atoms with Crippen molar-refractivity contribution in [1.29, 1.82) is 0 Å². The van der Waals surface area contributed by atoms with Crippen molar-refractivity contribution in [2.24, 2.45) is 5.73 Å². The van der Waals surface area contributed by atoms with Crippen molar-refractivity contribution in [1.82, 2.24) is 0 Å². The summed E-state index contributed by atoms with van der Waals surface area (Å²) in [5.74, 6) is -1.04. The molecule has 1 aromatic rings. The van der Waals surface area contributed by atoms with Crippen molar-refractivity contribution in [2.75, 3.05) is 7.11 Å². The van der Waals surface area contributed by atoms with Crippen LogP contribution in [-0.2, 0) is 22.6 Å². The van der Waals surface area contributed by atoms with Gasteiger partial charge in [0.2, 0.25) is 0 Å². The number of carboxylic acids is 1. The van der Waals surface area contributed by atoms with Gasteiger partial charge in [0.25, 0.3) is 0 Å². The van der Waals surface area contributed by atoms with Crippen LogP contribution < -0.4 is 5.73 Å². The number of rotatable bonds is 5. The average Bonchev–Trinajstić information content (AvgIpc) is 2.23. The Morgan fingerprint density at radius 3 is 2.88 bits per heavy atom. The number of nitrogens with two attached hydrogens (primary N) is 1. The van der Waals surface area contributed by atoms with E-state index < -0.39 is 12.0 Å². The Labute approximate surface area is 99.0 Å². The molecule has 0 heterocycles. The van der Waals surface area contributed by atoms with Crippen LogP contribution in [0.15, 0.2) is 18.2 Å². The number of methoxy groups -OCH3 is 1. The van der Waals surface area contributed by atoms with Gasteiger partial charge >= 0.3 is 5.97 Å². The van der Waals surface area contributed by atoms with Crippen LogP contribution in [0, 0.1) is 0 Å². The summed E-state index contributed by atoms with van der Waals surface area (Å²) < 4.78 is 5.02. The molecule has 3 N–H and O–H groups in total.